The molecular weight excluding hydrogens is 111 g/mol. The topological polar surface area (TPSA) is 9.23 Å². The molecule has 1 aromatic carbocycles. The molecule has 45 valence electrons. The Hall–Kier alpha value is -0.915. The van der Waals surface area contributed by atoms with Crippen LogP contribution in [0.1, 0.15) is 0 Å². The van der Waals surface area contributed by atoms with Crippen LogP contribution >= 0.6 is 0 Å². The van der Waals surface area contributed by atoms with Gasteiger partial charge in [0.1, 0.15) is 0 Å². The highest BCUT2D eigenvalue weighted by Gasteiger charge is 1.81. The number of benzene rings is 1. The molecule has 0 N–H and O–H groups in total. The van der Waals surface area contributed by atoms with Crippen molar-refractivity contribution in [1.82, 2.24) is 0 Å². The van der Waals surface area contributed by atoms with Gasteiger partial charge in [-0.3, -0.25) is 5.46 Å². The average Bonchev–Trinajstić information content (AvgIpc) is 1.89. The highest BCUT2D eigenvalue weighted by molar-refractivity contribution is 6.34. The van der Waals surface area contributed by atoms with Crippen molar-refractivity contribution >= 4 is 13.3 Å². The number of rotatable bonds is 1. The van der Waals surface area contributed by atoms with Crippen LogP contribution in [0.3, 0.4) is 0 Å². The van der Waals surface area contributed by atoms with E-state index in [0.717, 1.165) is 5.75 Å². The molecule has 1 aromatic rings. The van der Waals surface area contributed by atoms with Crippen LogP contribution in [-0.4, -0.2) is 15.0 Å². The predicted molar refractivity (Wildman–Crippen MR) is 38.4 cm³/mol. The number of ether oxygens (including phenoxy) is 1. The zero-order valence-corrected chi connectivity index (χ0v) is 5.29. The molecule has 0 saturated heterocycles. The molecular formula is C7H7BO-. The largest absolute Gasteiger partial charge is 0.575 e. The molecule has 2 heteroatoms. The van der Waals surface area contributed by atoms with E-state index in [4.69, 9.17) is 12.6 Å². The summed E-state index contributed by atoms with van der Waals surface area (Å²) in [5, 5.41) is 0. The lowest BCUT2D eigenvalue weighted by Gasteiger charge is -2.12. The van der Waals surface area contributed by atoms with E-state index in [9.17, 15) is 0 Å². The van der Waals surface area contributed by atoms with Crippen molar-refractivity contribution in [3.8, 4) is 5.75 Å². The van der Waals surface area contributed by atoms with Gasteiger partial charge in [0, 0.05) is 0 Å². The number of hydrogen-bond donors (Lipinski definition) is 0. The summed E-state index contributed by atoms with van der Waals surface area (Å²) in [7, 11) is 7.11. The van der Waals surface area contributed by atoms with E-state index in [0.29, 0.717) is 5.46 Å². The number of methoxy groups -OCH3 is 1. The van der Waals surface area contributed by atoms with Crippen LogP contribution in [0.15, 0.2) is 24.3 Å². The third-order valence-electron chi connectivity index (χ3n) is 1.14. The van der Waals surface area contributed by atoms with Gasteiger partial charge in [0.05, 0.1) is 12.9 Å². The molecule has 0 bridgehead atoms. The van der Waals surface area contributed by atoms with Crippen LogP contribution < -0.4 is 10.2 Å². The van der Waals surface area contributed by atoms with Crippen LogP contribution in [0.4, 0.5) is 0 Å². The highest BCUT2D eigenvalue weighted by Crippen LogP contribution is 2.01. The molecule has 1 nitrogen and oxygen atoms in total. The van der Waals surface area contributed by atoms with Crippen LogP contribution in [0.5, 0.6) is 5.75 Å². The second-order valence-electron chi connectivity index (χ2n) is 1.74. The summed E-state index contributed by atoms with van der Waals surface area (Å²) in [6.07, 6.45) is 0. The summed E-state index contributed by atoms with van der Waals surface area (Å²) in [4.78, 5) is 0. The maximum absolute atomic E-state index is 5.51. The SMILES string of the molecule is [B-]c1ccccc1OC. The van der Waals surface area contributed by atoms with Crippen LogP contribution in [0, 0.1) is 0 Å². The van der Waals surface area contributed by atoms with Crippen molar-refractivity contribution in [3.05, 3.63) is 24.3 Å². The normalized spacial score (nSPS) is 9.11. The molecule has 0 aliphatic carbocycles. The summed E-state index contributed by atoms with van der Waals surface area (Å²) in [6, 6.07) is 7.39. The van der Waals surface area contributed by atoms with Gasteiger partial charge in [-0.1, -0.05) is 12.1 Å². The molecule has 3 radical (unpaired) electrons. The van der Waals surface area contributed by atoms with E-state index in [-0.39, 0.29) is 0 Å². The minimum Gasteiger partial charge on any atom is -0.575 e. The summed E-state index contributed by atoms with van der Waals surface area (Å²) in [6.45, 7) is 0. The van der Waals surface area contributed by atoms with Gasteiger partial charge < -0.3 is 12.6 Å². The van der Waals surface area contributed by atoms with Crippen LogP contribution in [0.2, 0.25) is 0 Å². The van der Waals surface area contributed by atoms with Crippen molar-refractivity contribution in [2.24, 2.45) is 0 Å². The maximum atomic E-state index is 5.51. The smallest absolute Gasteiger partial charge is 0.0773 e. The van der Waals surface area contributed by atoms with Gasteiger partial charge in [0.25, 0.3) is 0 Å². The zero-order chi connectivity index (χ0) is 6.69. The zero-order valence-electron chi connectivity index (χ0n) is 5.29. The Bertz CT molecular complexity index is 198. The molecule has 0 aliphatic rings. The molecule has 0 unspecified atom stereocenters. The molecule has 9 heavy (non-hydrogen) atoms. The maximum Gasteiger partial charge on any atom is 0.0773 e. The minimum absolute atomic E-state index is 0.681. The fourth-order valence-electron chi connectivity index (χ4n) is 0.666. The molecule has 0 heterocycles. The summed E-state index contributed by atoms with van der Waals surface area (Å²) < 4.78 is 4.92. The minimum atomic E-state index is 0.681. The molecule has 0 atom stereocenters. The fraction of sp³-hybridized carbons (Fsp3) is 0.143. The van der Waals surface area contributed by atoms with E-state index >= 15 is 0 Å². The summed E-state index contributed by atoms with van der Waals surface area (Å²) >= 11 is 0. The molecule has 0 aromatic heterocycles. The Kier molecular flexibility index (Phi) is 1.78. The Morgan fingerprint density at radius 3 is 2.44 bits per heavy atom. The summed E-state index contributed by atoms with van der Waals surface area (Å²) in [5.74, 6) is 0.734. The average molecular weight is 118 g/mol. The number of hydrogen-bond acceptors (Lipinski definition) is 1. The van der Waals surface area contributed by atoms with E-state index in [1.165, 1.54) is 0 Å². The lowest BCUT2D eigenvalue weighted by atomic mass is 9.95. The Morgan fingerprint density at radius 2 is 2.00 bits per heavy atom. The van der Waals surface area contributed by atoms with E-state index in [2.05, 4.69) is 0 Å². The molecule has 0 amide bonds. The van der Waals surface area contributed by atoms with Gasteiger partial charge in [0.2, 0.25) is 0 Å². The van der Waals surface area contributed by atoms with Crippen molar-refractivity contribution in [1.29, 1.82) is 0 Å². The highest BCUT2D eigenvalue weighted by atomic mass is 16.5. The Labute approximate surface area is 56.1 Å². The molecule has 1 rings (SSSR count). The quantitative estimate of drug-likeness (QED) is 0.487. The van der Waals surface area contributed by atoms with Gasteiger partial charge in [-0.25, -0.2) is 0 Å². The lowest BCUT2D eigenvalue weighted by Crippen LogP contribution is -2.05. The second-order valence-corrected chi connectivity index (χ2v) is 1.74. The van der Waals surface area contributed by atoms with Gasteiger partial charge >= 0.3 is 0 Å². The third-order valence-corrected chi connectivity index (χ3v) is 1.14. The van der Waals surface area contributed by atoms with Gasteiger partial charge in [-0.2, -0.15) is 0 Å². The van der Waals surface area contributed by atoms with Crippen molar-refractivity contribution in [2.75, 3.05) is 7.11 Å². The van der Waals surface area contributed by atoms with Gasteiger partial charge in [-0.15, -0.1) is 6.07 Å². The van der Waals surface area contributed by atoms with Gasteiger partial charge in [-0.05, 0) is 6.07 Å². The van der Waals surface area contributed by atoms with Gasteiger partial charge in [0.15, 0.2) is 0 Å². The molecule has 0 spiro atoms. The van der Waals surface area contributed by atoms with E-state index in [1.54, 1.807) is 13.2 Å². The molecule has 0 aliphatic heterocycles. The van der Waals surface area contributed by atoms with Crippen molar-refractivity contribution < 1.29 is 4.74 Å². The number of para-hydroxylation sites is 1. The molecule has 0 fully saturated rings. The predicted octanol–water partition coefficient (Wildman–Crippen LogP) is 0.489. The van der Waals surface area contributed by atoms with Crippen molar-refractivity contribution in [3.63, 3.8) is 0 Å². The second kappa shape index (κ2) is 2.58. The standard InChI is InChI=1S/C7H7BO/c1-9-7-5-3-2-4-6(7)8/h2-5H,1H3/q-1. The fourth-order valence-corrected chi connectivity index (χ4v) is 0.666. The van der Waals surface area contributed by atoms with E-state index in [1.807, 2.05) is 18.2 Å². The molecule has 0 saturated carbocycles. The monoisotopic (exact) mass is 118 g/mol. The van der Waals surface area contributed by atoms with Crippen LogP contribution in [-0.2, 0) is 0 Å². The van der Waals surface area contributed by atoms with Crippen LogP contribution in [0.25, 0.3) is 0 Å². The Balaban J connectivity index is 3.01. The first-order chi connectivity index (χ1) is 4.34. The first-order valence-electron chi connectivity index (χ1n) is 2.73. The summed E-state index contributed by atoms with van der Waals surface area (Å²) in [5.41, 5.74) is 0.681. The third kappa shape index (κ3) is 1.25. The lowest BCUT2D eigenvalue weighted by molar-refractivity contribution is 0.418. The first-order valence-corrected chi connectivity index (χ1v) is 2.73. The van der Waals surface area contributed by atoms with Crippen molar-refractivity contribution in [2.45, 2.75) is 0 Å². The van der Waals surface area contributed by atoms with E-state index < -0.39 is 0 Å². The first kappa shape index (κ1) is 6.21. The Morgan fingerprint density at radius 1 is 1.33 bits per heavy atom.